The third-order valence-corrected chi connectivity index (χ3v) is 10.3. The summed E-state index contributed by atoms with van der Waals surface area (Å²) in [6, 6.07) is 59.0. The van der Waals surface area contributed by atoms with Gasteiger partial charge in [0.2, 0.25) is 0 Å². The minimum atomic E-state index is -0.302. The average Bonchev–Trinajstić information content (AvgIpc) is 3.06. The topological polar surface area (TPSA) is 0 Å². The van der Waals surface area contributed by atoms with Gasteiger partial charge in [0.15, 0.2) is 0 Å². The molecule has 2 spiro atoms. The molecule has 0 fully saturated rings. The summed E-state index contributed by atoms with van der Waals surface area (Å²) >= 11 is 0. The maximum absolute atomic E-state index is 2.41. The Morgan fingerprint density at radius 3 is 0.952 bits per heavy atom. The van der Waals surface area contributed by atoms with E-state index >= 15 is 0 Å². The molecule has 10 rings (SSSR count). The molecule has 0 aliphatic heterocycles. The molecular formula is C42H26. The van der Waals surface area contributed by atoms with E-state index in [4.69, 9.17) is 0 Å². The van der Waals surface area contributed by atoms with Gasteiger partial charge in [-0.2, -0.15) is 0 Å². The third-order valence-electron chi connectivity index (χ3n) is 10.3. The number of benzene rings is 6. The number of hydrogen-bond donors (Lipinski definition) is 0. The largest absolute Gasteiger partial charge is 0.0654 e. The Labute approximate surface area is 246 Å². The van der Waals surface area contributed by atoms with Gasteiger partial charge in [-0.15, -0.1) is 0 Å². The van der Waals surface area contributed by atoms with Crippen LogP contribution in [0.25, 0.3) is 44.5 Å². The van der Waals surface area contributed by atoms with Crippen molar-refractivity contribution < 1.29 is 0 Å². The van der Waals surface area contributed by atoms with E-state index in [0.717, 1.165) is 0 Å². The minimum Gasteiger partial charge on any atom is -0.0622 e. The van der Waals surface area contributed by atoms with Crippen molar-refractivity contribution in [2.24, 2.45) is 0 Å². The Morgan fingerprint density at radius 1 is 0.238 bits per heavy atom. The Kier molecular flexibility index (Phi) is 4.15. The van der Waals surface area contributed by atoms with Gasteiger partial charge >= 0.3 is 0 Å². The van der Waals surface area contributed by atoms with Gasteiger partial charge in [0.05, 0.1) is 10.8 Å². The Balaban J connectivity index is 1.49. The summed E-state index contributed by atoms with van der Waals surface area (Å²) < 4.78 is 0. The van der Waals surface area contributed by atoms with Crippen molar-refractivity contribution >= 4 is 22.3 Å². The van der Waals surface area contributed by atoms with Crippen molar-refractivity contribution in [3.63, 3.8) is 0 Å². The van der Waals surface area contributed by atoms with Crippen molar-refractivity contribution in [2.75, 3.05) is 0 Å². The predicted molar refractivity (Wildman–Crippen MR) is 174 cm³/mol. The zero-order valence-electron chi connectivity index (χ0n) is 23.0. The van der Waals surface area contributed by atoms with E-state index in [1.807, 2.05) is 0 Å². The van der Waals surface area contributed by atoms with Gasteiger partial charge in [0.25, 0.3) is 0 Å². The van der Waals surface area contributed by atoms with Gasteiger partial charge < -0.3 is 0 Å². The Morgan fingerprint density at radius 2 is 0.548 bits per heavy atom. The number of fused-ring (bicyclic) bond motifs is 8. The van der Waals surface area contributed by atoms with Crippen LogP contribution in [-0.2, 0) is 10.8 Å². The monoisotopic (exact) mass is 530 g/mol. The van der Waals surface area contributed by atoms with Crippen LogP contribution in [0.1, 0.15) is 33.4 Å². The summed E-state index contributed by atoms with van der Waals surface area (Å²) in [7, 11) is 0. The van der Waals surface area contributed by atoms with Crippen molar-refractivity contribution in [3.05, 3.63) is 191 Å². The van der Waals surface area contributed by atoms with Crippen LogP contribution in [0.2, 0.25) is 0 Å². The summed E-state index contributed by atoms with van der Waals surface area (Å²) in [6.45, 7) is 0. The molecule has 0 nitrogen and oxygen atoms in total. The van der Waals surface area contributed by atoms with E-state index in [1.165, 1.54) is 77.9 Å². The highest BCUT2D eigenvalue weighted by molar-refractivity contribution is 6.36. The molecule has 6 aromatic carbocycles. The van der Waals surface area contributed by atoms with Crippen LogP contribution in [0.5, 0.6) is 0 Å². The fourth-order valence-electron chi connectivity index (χ4n) is 9.13. The molecule has 6 aromatic rings. The van der Waals surface area contributed by atoms with E-state index in [2.05, 4.69) is 158 Å². The van der Waals surface area contributed by atoms with Crippen LogP contribution in [-0.4, -0.2) is 0 Å². The van der Waals surface area contributed by atoms with Gasteiger partial charge in [-0.1, -0.05) is 158 Å². The zero-order chi connectivity index (χ0) is 27.5. The van der Waals surface area contributed by atoms with Crippen molar-refractivity contribution in [3.8, 4) is 22.3 Å². The van der Waals surface area contributed by atoms with Crippen molar-refractivity contribution in [1.82, 2.24) is 0 Å². The molecule has 0 saturated carbocycles. The molecular weight excluding hydrogens is 504 g/mol. The minimum absolute atomic E-state index is 0.302. The van der Waals surface area contributed by atoms with Gasteiger partial charge in [0, 0.05) is 0 Å². The standard InChI is InChI=1S/C42H26/c1-3-15-27(16-4-1)37-39-33-23-9-7-19-29(33)32-22-12-14-26-36(32)42(39)38(28-17-5-2-6-18-28)40-34-24-10-8-20-30(34)31-21-11-13-25-35(31)41(37,40)42/h1-26H. The summed E-state index contributed by atoms with van der Waals surface area (Å²) in [4.78, 5) is 0. The molecule has 2 unspecified atom stereocenters. The first-order valence-corrected chi connectivity index (χ1v) is 14.9. The molecule has 0 saturated heterocycles. The first-order valence-electron chi connectivity index (χ1n) is 14.9. The molecule has 0 N–H and O–H groups in total. The Hall–Kier alpha value is -5.20. The van der Waals surface area contributed by atoms with E-state index < -0.39 is 0 Å². The smallest absolute Gasteiger partial charge is 0.0622 e. The van der Waals surface area contributed by atoms with Crippen LogP contribution in [0.15, 0.2) is 158 Å². The zero-order valence-corrected chi connectivity index (χ0v) is 23.0. The molecule has 0 bridgehead atoms. The van der Waals surface area contributed by atoms with Gasteiger partial charge in [-0.05, 0) is 77.9 Å². The molecule has 4 aliphatic rings. The fraction of sp³-hybridized carbons (Fsp3) is 0.0476. The molecule has 194 valence electrons. The van der Waals surface area contributed by atoms with Crippen LogP contribution in [0.4, 0.5) is 0 Å². The molecule has 2 atom stereocenters. The fourth-order valence-corrected chi connectivity index (χ4v) is 9.13. The van der Waals surface area contributed by atoms with Gasteiger partial charge in [-0.3, -0.25) is 0 Å². The van der Waals surface area contributed by atoms with E-state index in [0.29, 0.717) is 0 Å². The van der Waals surface area contributed by atoms with E-state index in [9.17, 15) is 0 Å². The van der Waals surface area contributed by atoms with Crippen LogP contribution in [0.3, 0.4) is 0 Å². The lowest BCUT2D eigenvalue weighted by Crippen LogP contribution is -2.68. The summed E-state index contributed by atoms with van der Waals surface area (Å²) in [5.41, 5.74) is 18.9. The number of rotatable bonds is 2. The molecule has 0 amide bonds. The lowest BCUT2D eigenvalue weighted by molar-refractivity contribution is 0.454. The predicted octanol–water partition coefficient (Wildman–Crippen LogP) is 10.1. The highest BCUT2D eigenvalue weighted by Crippen LogP contribution is 2.87. The average molecular weight is 531 g/mol. The van der Waals surface area contributed by atoms with Crippen molar-refractivity contribution in [2.45, 2.75) is 10.8 Å². The maximum Gasteiger partial charge on any atom is 0.0654 e. The molecule has 42 heavy (non-hydrogen) atoms. The highest BCUT2D eigenvalue weighted by atomic mass is 14.8. The number of hydrogen-bond acceptors (Lipinski definition) is 0. The number of allylic oxidation sites excluding steroid dienone is 4. The molecule has 0 aromatic heterocycles. The van der Waals surface area contributed by atoms with Gasteiger partial charge in [-0.25, -0.2) is 0 Å². The quantitative estimate of drug-likeness (QED) is 0.209. The molecule has 0 radical (unpaired) electrons. The molecule has 0 heteroatoms. The van der Waals surface area contributed by atoms with Crippen molar-refractivity contribution in [1.29, 1.82) is 0 Å². The summed E-state index contributed by atoms with van der Waals surface area (Å²) in [6.07, 6.45) is 0. The summed E-state index contributed by atoms with van der Waals surface area (Å²) in [5.74, 6) is 0. The maximum atomic E-state index is 2.41. The second kappa shape index (κ2) is 7.75. The first kappa shape index (κ1) is 22.5. The third kappa shape index (κ3) is 2.29. The highest BCUT2D eigenvalue weighted by Gasteiger charge is 2.79. The second-order valence-electron chi connectivity index (χ2n) is 11.9. The van der Waals surface area contributed by atoms with Crippen LogP contribution >= 0.6 is 0 Å². The molecule has 4 aliphatic carbocycles. The lowest BCUT2D eigenvalue weighted by Gasteiger charge is -2.74. The SMILES string of the molecule is c1ccc(C2=C3c4ccccc4-c4ccccc4C34C(c3ccccc3)=C3c5ccccc5-c5ccccc5C234)cc1. The van der Waals surface area contributed by atoms with E-state index in [1.54, 1.807) is 0 Å². The Bertz CT molecular complexity index is 2000. The second-order valence-corrected chi connectivity index (χ2v) is 11.9. The molecule has 0 heterocycles. The van der Waals surface area contributed by atoms with E-state index in [-0.39, 0.29) is 10.8 Å². The summed E-state index contributed by atoms with van der Waals surface area (Å²) in [5, 5.41) is 0. The normalized spacial score (nSPS) is 21.8. The first-order chi connectivity index (χ1) is 20.9. The van der Waals surface area contributed by atoms with Gasteiger partial charge in [0.1, 0.15) is 0 Å². The van der Waals surface area contributed by atoms with Crippen LogP contribution < -0.4 is 0 Å². The van der Waals surface area contributed by atoms with Crippen LogP contribution in [0, 0.1) is 0 Å². The lowest BCUT2D eigenvalue weighted by atomic mass is 9.26.